The molecule has 92 valence electrons. The zero-order valence-corrected chi connectivity index (χ0v) is 11.0. The highest BCUT2D eigenvalue weighted by Crippen LogP contribution is 2.38. The predicted octanol–water partition coefficient (Wildman–Crippen LogP) is 4.66. The van der Waals surface area contributed by atoms with Gasteiger partial charge in [-0.1, -0.05) is 34.8 Å². The lowest BCUT2D eigenvalue weighted by molar-refractivity contribution is 0.111. The molecule has 0 aliphatic rings. The summed E-state index contributed by atoms with van der Waals surface area (Å²) in [5.41, 5.74) is 0.471. The van der Waals surface area contributed by atoms with Gasteiger partial charge in [0.2, 0.25) is 0 Å². The largest absolute Gasteiger partial charge is 0.296 e. The zero-order chi connectivity index (χ0) is 13.3. The van der Waals surface area contributed by atoms with Gasteiger partial charge < -0.3 is 0 Å². The van der Waals surface area contributed by atoms with Crippen LogP contribution in [0.4, 0.5) is 4.39 Å². The molecule has 18 heavy (non-hydrogen) atoms. The third-order valence-electron chi connectivity index (χ3n) is 2.31. The average Bonchev–Trinajstić information content (AvgIpc) is 2.35. The molecule has 2 rings (SSSR count). The van der Waals surface area contributed by atoms with Crippen LogP contribution in [-0.2, 0) is 0 Å². The molecule has 0 aliphatic carbocycles. The van der Waals surface area contributed by atoms with Crippen molar-refractivity contribution in [3.05, 3.63) is 51.0 Å². The van der Waals surface area contributed by atoms with Crippen LogP contribution in [0.5, 0.6) is 0 Å². The van der Waals surface area contributed by atoms with Gasteiger partial charge in [0, 0.05) is 17.3 Å². The number of nitrogens with zero attached hydrogens (tertiary/aromatic N) is 1. The maximum atomic E-state index is 13.5. The van der Waals surface area contributed by atoms with Gasteiger partial charge in [-0.15, -0.1) is 0 Å². The van der Waals surface area contributed by atoms with Gasteiger partial charge >= 0.3 is 0 Å². The van der Waals surface area contributed by atoms with Crippen molar-refractivity contribution in [2.24, 2.45) is 0 Å². The van der Waals surface area contributed by atoms with E-state index in [1.165, 1.54) is 6.20 Å². The standard InChI is InChI=1S/C12H5Cl3FNO/c13-7-1-2-8(14)12(15)11(7)6-3-9(16)10(5-18)17-4-6/h1-5H. The summed E-state index contributed by atoms with van der Waals surface area (Å²) in [7, 11) is 0. The maximum Gasteiger partial charge on any atom is 0.171 e. The molecular weight excluding hydrogens is 299 g/mol. The summed E-state index contributed by atoms with van der Waals surface area (Å²) in [5.74, 6) is -0.741. The second-order valence-electron chi connectivity index (χ2n) is 3.43. The molecule has 1 aromatic carbocycles. The third kappa shape index (κ3) is 2.34. The Kier molecular flexibility index (Phi) is 3.85. The number of hydrogen-bond donors (Lipinski definition) is 0. The van der Waals surface area contributed by atoms with E-state index >= 15 is 0 Å². The summed E-state index contributed by atoms with van der Waals surface area (Å²) in [4.78, 5) is 14.2. The van der Waals surface area contributed by atoms with Crippen LogP contribution >= 0.6 is 34.8 Å². The average molecular weight is 305 g/mol. The minimum atomic E-state index is -0.741. The van der Waals surface area contributed by atoms with E-state index in [4.69, 9.17) is 34.8 Å². The van der Waals surface area contributed by atoms with Gasteiger partial charge in [0.05, 0.1) is 15.1 Å². The van der Waals surface area contributed by atoms with Crippen molar-refractivity contribution in [3.63, 3.8) is 0 Å². The first-order valence-electron chi connectivity index (χ1n) is 4.79. The number of pyridine rings is 1. The Morgan fingerprint density at radius 1 is 1.17 bits per heavy atom. The second kappa shape index (κ2) is 5.22. The molecule has 0 spiro atoms. The SMILES string of the molecule is O=Cc1ncc(-c2c(Cl)ccc(Cl)c2Cl)cc1F. The summed E-state index contributed by atoms with van der Waals surface area (Å²) in [5, 5.41) is 0.838. The van der Waals surface area contributed by atoms with E-state index in [-0.39, 0.29) is 10.7 Å². The highest BCUT2D eigenvalue weighted by Gasteiger charge is 2.14. The fourth-order valence-electron chi connectivity index (χ4n) is 1.46. The minimum Gasteiger partial charge on any atom is -0.296 e. The van der Waals surface area contributed by atoms with Gasteiger partial charge in [0.1, 0.15) is 5.69 Å². The van der Waals surface area contributed by atoms with Crippen molar-refractivity contribution in [1.29, 1.82) is 0 Å². The van der Waals surface area contributed by atoms with Crippen LogP contribution in [0.2, 0.25) is 15.1 Å². The van der Waals surface area contributed by atoms with Gasteiger partial charge in [-0.3, -0.25) is 4.79 Å². The Bertz CT molecular complexity index is 631. The van der Waals surface area contributed by atoms with Crippen LogP contribution < -0.4 is 0 Å². The fourth-order valence-corrected chi connectivity index (χ4v) is 2.21. The number of aldehydes is 1. The number of aromatic nitrogens is 1. The molecule has 1 aromatic heterocycles. The molecule has 0 unspecified atom stereocenters. The van der Waals surface area contributed by atoms with Crippen LogP contribution in [0.25, 0.3) is 11.1 Å². The molecule has 2 aromatic rings. The molecule has 0 N–H and O–H groups in total. The molecule has 2 nitrogen and oxygen atoms in total. The second-order valence-corrected chi connectivity index (χ2v) is 4.62. The summed E-state index contributed by atoms with van der Waals surface area (Å²) >= 11 is 17.9. The topological polar surface area (TPSA) is 30.0 Å². The molecule has 0 aliphatic heterocycles. The van der Waals surface area contributed by atoms with Crippen molar-refractivity contribution in [1.82, 2.24) is 4.98 Å². The van der Waals surface area contributed by atoms with Crippen molar-refractivity contribution in [2.45, 2.75) is 0 Å². The summed E-state index contributed by atoms with van der Waals surface area (Å²) in [6, 6.07) is 4.23. The minimum absolute atomic E-state index is 0.212. The van der Waals surface area contributed by atoms with Crippen molar-refractivity contribution >= 4 is 41.1 Å². The van der Waals surface area contributed by atoms with Gasteiger partial charge in [-0.2, -0.15) is 0 Å². The number of carbonyl (C=O) groups is 1. The van der Waals surface area contributed by atoms with E-state index in [0.717, 1.165) is 6.07 Å². The molecule has 0 saturated heterocycles. The van der Waals surface area contributed by atoms with E-state index in [9.17, 15) is 9.18 Å². The van der Waals surface area contributed by atoms with Crippen LogP contribution in [0.1, 0.15) is 10.5 Å². The van der Waals surface area contributed by atoms with E-state index in [1.54, 1.807) is 12.1 Å². The molecule has 0 atom stereocenters. The molecule has 6 heteroatoms. The first-order valence-corrected chi connectivity index (χ1v) is 5.92. The van der Waals surface area contributed by atoms with Crippen LogP contribution in [-0.4, -0.2) is 11.3 Å². The molecule has 1 heterocycles. The van der Waals surface area contributed by atoms with Crippen molar-refractivity contribution < 1.29 is 9.18 Å². The van der Waals surface area contributed by atoms with Crippen LogP contribution in [0, 0.1) is 5.82 Å². The Hall–Kier alpha value is -1.16. The first kappa shape index (κ1) is 13.3. The molecule has 0 amide bonds. The lowest BCUT2D eigenvalue weighted by Gasteiger charge is -2.08. The van der Waals surface area contributed by atoms with E-state index in [0.29, 0.717) is 27.5 Å². The monoisotopic (exact) mass is 303 g/mol. The van der Waals surface area contributed by atoms with Crippen molar-refractivity contribution in [2.75, 3.05) is 0 Å². The van der Waals surface area contributed by atoms with Gasteiger partial charge in [-0.25, -0.2) is 9.37 Å². The predicted molar refractivity (Wildman–Crippen MR) is 70.0 cm³/mol. The lowest BCUT2D eigenvalue weighted by atomic mass is 10.1. The van der Waals surface area contributed by atoms with Crippen molar-refractivity contribution in [3.8, 4) is 11.1 Å². The number of rotatable bonds is 2. The number of halogens is 4. The number of benzene rings is 1. The van der Waals surface area contributed by atoms with Gasteiger partial charge in [-0.05, 0) is 18.2 Å². The summed E-state index contributed by atoms with van der Waals surface area (Å²) in [6.45, 7) is 0. The highest BCUT2D eigenvalue weighted by atomic mass is 35.5. The Morgan fingerprint density at radius 3 is 2.44 bits per heavy atom. The number of carbonyl (C=O) groups excluding carboxylic acids is 1. The molecule has 0 radical (unpaired) electrons. The Labute approximate surface area is 117 Å². The summed E-state index contributed by atoms with van der Waals surface area (Å²) in [6.07, 6.45) is 1.65. The van der Waals surface area contributed by atoms with E-state index < -0.39 is 5.82 Å². The smallest absolute Gasteiger partial charge is 0.171 e. The Balaban J connectivity index is 2.66. The van der Waals surface area contributed by atoms with E-state index in [1.807, 2.05) is 0 Å². The van der Waals surface area contributed by atoms with E-state index in [2.05, 4.69) is 4.98 Å². The summed E-state index contributed by atoms with van der Waals surface area (Å²) < 4.78 is 13.5. The van der Waals surface area contributed by atoms with Gasteiger partial charge in [0.15, 0.2) is 12.1 Å². The third-order valence-corrected chi connectivity index (χ3v) is 3.43. The lowest BCUT2D eigenvalue weighted by Crippen LogP contribution is -1.94. The van der Waals surface area contributed by atoms with Crippen LogP contribution in [0.15, 0.2) is 24.4 Å². The normalized spacial score (nSPS) is 10.4. The zero-order valence-electron chi connectivity index (χ0n) is 8.75. The molecule has 0 bridgehead atoms. The number of hydrogen-bond acceptors (Lipinski definition) is 2. The fraction of sp³-hybridized carbons (Fsp3) is 0. The maximum absolute atomic E-state index is 13.5. The highest BCUT2D eigenvalue weighted by molar-refractivity contribution is 6.46. The first-order chi connectivity index (χ1) is 8.54. The Morgan fingerprint density at radius 2 is 1.83 bits per heavy atom. The molecular formula is C12H5Cl3FNO. The molecule has 0 saturated carbocycles. The quantitative estimate of drug-likeness (QED) is 0.596. The molecule has 0 fully saturated rings. The van der Waals surface area contributed by atoms with Crippen LogP contribution in [0.3, 0.4) is 0 Å². The van der Waals surface area contributed by atoms with Gasteiger partial charge in [0.25, 0.3) is 0 Å².